The monoisotopic (exact) mass is 406 g/mol. The summed E-state index contributed by atoms with van der Waals surface area (Å²) in [5.41, 5.74) is 5.91. The molecular weight excluding hydrogens is 392 g/mol. The third-order valence-electron chi connectivity index (χ3n) is 3.86. The van der Waals surface area contributed by atoms with E-state index < -0.39 is 0 Å². The Morgan fingerprint density at radius 2 is 1.85 bits per heavy atom. The second kappa shape index (κ2) is 7.45. The molecule has 7 heteroatoms. The normalized spacial score (nSPS) is 11.3. The van der Waals surface area contributed by atoms with Gasteiger partial charge in [-0.05, 0) is 23.3 Å². The lowest BCUT2D eigenvalue weighted by Crippen LogP contribution is -2.03. The van der Waals surface area contributed by atoms with Crippen LogP contribution in [-0.2, 0) is 6.54 Å². The minimum atomic E-state index is 0.627. The molecule has 128 valence electrons. The maximum atomic E-state index is 4.44. The maximum absolute atomic E-state index is 4.44. The van der Waals surface area contributed by atoms with Crippen molar-refractivity contribution in [1.29, 1.82) is 0 Å². The fourth-order valence-corrected chi connectivity index (χ4v) is 2.84. The molecule has 0 atom stereocenters. The van der Waals surface area contributed by atoms with E-state index in [-0.39, 0.29) is 0 Å². The van der Waals surface area contributed by atoms with Gasteiger partial charge in [-0.1, -0.05) is 58.4 Å². The second-order valence-electron chi connectivity index (χ2n) is 5.67. The van der Waals surface area contributed by atoms with Crippen molar-refractivity contribution in [3.05, 3.63) is 82.7 Å². The SMILES string of the molecule is Brc1ccc(/C=N/Nc2ncnc3c2cnn3Cc2ccccc2)cc1. The molecule has 2 aromatic carbocycles. The molecule has 0 bridgehead atoms. The number of halogens is 1. The molecule has 0 fully saturated rings. The van der Waals surface area contributed by atoms with E-state index in [1.165, 1.54) is 11.9 Å². The molecule has 26 heavy (non-hydrogen) atoms. The van der Waals surface area contributed by atoms with Gasteiger partial charge >= 0.3 is 0 Å². The number of benzene rings is 2. The first-order valence-corrected chi connectivity index (χ1v) is 8.84. The molecular formula is C19H15BrN6. The van der Waals surface area contributed by atoms with E-state index >= 15 is 0 Å². The molecule has 4 rings (SSSR count). The summed E-state index contributed by atoms with van der Waals surface area (Å²) in [5, 5.41) is 9.54. The standard InChI is InChI=1S/C19H15BrN6/c20-16-8-6-14(7-9-16)10-23-25-18-17-11-24-26(19(17)22-13-21-18)12-15-4-2-1-3-5-15/h1-11,13H,12H2,(H,21,22,25)/b23-10+. The van der Waals surface area contributed by atoms with E-state index in [0.717, 1.165) is 21.1 Å². The van der Waals surface area contributed by atoms with Gasteiger partial charge in [0.2, 0.25) is 0 Å². The fraction of sp³-hybridized carbons (Fsp3) is 0.0526. The Morgan fingerprint density at radius 1 is 1.04 bits per heavy atom. The molecule has 0 aliphatic rings. The minimum absolute atomic E-state index is 0.627. The summed E-state index contributed by atoms with van der Waals surface area (Å²) in [5.74, 6) is 0.627. The van der Waals surface area contributed by atoms with Crippen LogP contribution in [0.2, 0.25) is 0 Å². The molecule has 2 heterocycles. The van der Waals surface area contributed by atoms with Crippen LogP contribution in [0.5, 0.6) is 0 Å². The van der Waals surface area contributed by atoms with E-state index in [1.807, 2.05) is 47.1 Å². The number of rotatable bonds is 5. The zero-order valence-electron chi connectivity index (χ0n) is 13.7. The first-order chi connectivity index (χ1) is 12.8. The number of hydrazone groups is 1. The van der Waals surface area contributed by atoms with Gasteiger partial charge in [0.15, 0.2) is 11.5 Å². The largest absolute Gasteiger partial charge is 0.261 e. The zero-order chi connectivity index (χ0) is 17.8. The predicted octanol–water partition coefficient (Wildman–Crippen LogP) is 4.08. The van der Waals surface area contributed by atoms with Crippen molar-refractivity contribution in [3.8, 4) is 0 Å². The average Bonchev–Trinajstić information content (AvgIpc) is 3.08. The summed E-state index contributed by atoms with van der Waals surface area (Å²) in [4.78, 5) is 8.64. The van der Waals surface area contributed by atoms with E-state index in [9.17, 15) is 0 Å². The minimum Gasteiger partial charge on any atom is -0.261 e. The summed E-state index contributed by atoms with van der Waals surface area (Å²) in [6, 6.07) is 18.0. The van der Waals surface area contributed by atoms with Crippen LogP contribution in [0.15, 0.2) is 76.7 Å². The Hall–Kier alpha value is -3.06. The van der Waals surface area contributed by atoms with Crippen LogP contribution in [-0.4, -0.2) is 26.0 Å². The van der Waals surface area contributed by atoms with E-state index in [4.69, 9.17) is 0 Å². The van der Waals surface area contributed by atoms with Gasteiger partial charge in [-0.2, -0.15) is 10.2 Å². The van der Waals surface area contributed by atoms with Gasteiger partial charge in [-0.25, -0.2) is 14.6 Å². The van der Waals surface area contributed by atoms with Crippen molar-refractivity contribution in [1.82, 2.24) is 19.7 Å². The third kappa shape index (κ3) is 3.62. The molecule has 0 radical (unpaired) electrons. The Labute approximate surface area is 158 Å². The lowest BCUT2D eigenvalue weighted by atomic mass is 10.2. The Bertz CT molecular complexity index is 1040. The summed E-state index contributed by atoms with van der Waals surface area (Å²) in [7, 11) is 0. The molecule has 0 saturated heterocycles. The van der Waals surface area contributed by atoms with Gasteiger partial charge in [0.1, 0.15) is 6.33 Å². The van der Waals surface area contributed by atoms with Crippen LogP contribution < -0.4 is 5.43 Å². The molecule has 0 spiro atoms. The molecule has 4 aromatic rings. The van der Waals surface area contributed by atoms with Crippen molar-refractivity contribution in [2.45, 2.75) is 6.54 Å². The van der Waals surface area contributed by atoms with E-state index in [0.29, 0.717) is 12.4 Å². The van der Waals surface area contributed by atoms with Gasteiger partial charge in [0.05, 0.1) is 24.3 Å². The lowest BCUT2D eigenvalue weighted by Gasteiger charge is -2.04. The molecule has 1 N–H and O–H groups in total. The lowest BCUT2D eigenvalue weighted by molar-refractivity contribution is 0.704. The van der Waals surface area contributed by atoms with Crippen LogP contribution in [0, 0.1) is 0 Å². The Morgan fingerprint density at radius 3 is 2.65 bits per heavy atom. The quantitative estimate of drug-likeness (QED) is 0.400. The van der Waals surface area contributed by atoms with Crippen molar-refractivity contribution in [2.75, 3.05) is 5.43 Å². The highest BCUT2D eigenvalue weighted by molar-refractivity contribution is 9.10. The summed E-state index contributed by atoms with van der Waals surface area (Å²) < 4.78 is 2.89. The zero-order valence-corrected chi connectivity index (χ0v) is 15.3. The number of hydrogen-bond donors (Lipinski definition) is 1. The summed E-state index contributed by atoms with van der Waals surface area (Å²) in [6.07, 6.45) is 5.02. The topological polar surface area (TPSA) is 68.0 Å². The van der Waals surface area contributed by atoms with Crippen LogP contribution in [0.3, 0.4) is 0 Å². The Balaban J connectivity index is 1.55. The van der Waals surface area contributed by atoms with Crippen molar-refractivity contribution >= 4 is 39.0 Å². The van der Waals surface area contributed by atoms with Gasteiger partial charge in [-0.15, -0.1) is 0 Å². The van der Waals surface area contributed by atoms with Crippen LogP contribution in [0.25, 0.3) is 11.0 Å². The van der Waals surface area contributed by atoms with E-state index in [1.54, 1.807) is 12.4 Å². The maximum Gasteiger partial charge on any atom is 0.163 e. The molecule has 2 aromatic heterocycles. The van der Waals surface area contributed by atoms with Crippen molar-refractivity contribution < 1.29 is 0 Å². The average molecular weight is 407 g/mol. The van der Waals surface area contributed by atoms with Crippen molar-refractivity contribution in [3.63, 3.8) is 0 Å². The van der Waals surface area contributed by atoms with Gasteiger partial charge in [0.25, 0.3) is 0 Å². The van der Waals surface area contributed by atoms with Gasteiger partial charge in [-0.3, -0.25) is 5.43 Å². The number of nitrogens with one attached hydrogen (secondary N) is 1. The van der Waals surface area contributed by atoms with Crippen LogP contribution >= 0.6 is 15.9 Å². The third-order valence-corrected chi connectivity index (χ3v) is 4.39. The van der Waals surface area contributed by atoms with E-state index in [2.05, 4.69) is 53.7 Å². The number of hydrogen-bond acceptors (Lipinski definition) is 5. The molecule has 0 aliphatic carbocycles. The summed E-state index contributed by atoms with van der Waals surface area (Å²) >= 11 is 3.42. The van der Waals surface area contributed by atoms with Crippen LogP contribution in [0.4, 0.5) is 5.82 Å². The van der Waals surface area contributed by atoms with Crippen molar-refractivity contribution in [2.24, 2.45) is 5.10 Å². The van der Waals surface area contributed by atoms with Gasteiger partial charge in [0, 0.05) is 4.47 Å². The number of anilines is 1. The highest BCUT2D eigenvalue weighted by Gasteiger charge is 2.09. The molecule has 0 aliphatic heterocycles. The first-order valence-electron chi connectivity index (χ1n) is 8.05. The molecule has 0 unspecified atom stereocenters. The highest BCUT2D eigenvalue weighted by atomic mass is 79.9. The van der Waals surface area contributed by atoms with Gasteiger partial charge < -0.3 is 0 Å². The Kier molecular flexibility index (Phi) is 4.70. The molecule has 0 amide bonds. The predicted molar refractivity (Wildman–Crippen MR) is 106 cm³/mol. The first kappa shape index (κ1) is 16.4. The fourth-order valence-electron chi connectivity index (χ4n) is 2.57. The smallest absolute Gasteiger partial charge is 0.163 e. The number of aromatic nitrogens is 4. The highest BCUT2D eigenvalue weighted by Crippen LogP contribution is 2.19. The molecule has 6 nitrogen and oxygen atoms in total. The summed E-state index contributed by atoms with van der Waals surface area (Å²) in [6.45, 7) is 0.656. The second-order valence-corrected chi connectivity index (χ2v) is 6.58. The number of fused-ring (bicyclic) bond motifs is 1. The number of nitrogens with zero attached hydrogens (tertiary/aromatic N) is 5. The van der Waals surface area contributed by atoms with Crippen LogP contribution in [0.1, 0.15) is 11.1 Å². The molecule has 0 saturated carbocycles.